The molecular weight excluding hydrogens is 399 g/mol. The number of aromatic nitrogens is 3. The molecule has 0 spiro atoms. The Morgan fingerprint density at radius 2 is 2.07 bits per heavy atom. The van der Waals surface area contributed by atoms with Gasteiger partial charge in [0.1, 0.15) is 35.1 Å². The first-order chi connectivity index (χ1) is 14.3. The van der Waals surface area contributed by atoms with E-state index in [9.17, 15) is 20.1 Å². The Morgan fingerprint density at radius 3 is 2.67 bits per heavy atom. The van der Waals surface area contributed by atoms with E-state index >= 15 is 0 Å². The summed E-state index contributed by atoms with van der Waals surface area (Å²) < 4.78 is 7.11. The Labute approximate surface area is 171 Å². The molecule has 2 aromatic rings. The van der Waals surface area contributed by atoms with Crippen LogP contribution in [0.25, 0.3) is 0 Å². The number of aryl methyl sites for hydroxylation is 1. The van der Waals surface area contributed by atoms with Gasteiger partial charge in [-0.25, -0.2) is 9.48 Å². The van der Waals surface area contributed by atoms with Crippen LogP contribution in [0.5, 0.6) is 11.5 Å². The van der Waals surface area contributed by atoms with Crippen LogP contribution in [0.1, 0.15) is 21.6 Å². The number of carboxylic acids is 1. The monoisotopic (exact) mass is 422 g/mol. The number of carboxylic acid groups (broad SMARTS) is 1. The van der Waals surface area contributed by atoms with Crippen LogP contribution in [0, 0.1) is 0 Å². The number of rotatable bonds is 10. The maximum atomic E-state index is 11.6. The van der Waals surface area contributed by atoms with Gasteiger partial charge in [-0.05, 0) is 24.4 Å². The molecule has 1 saturated heterocycles. The van der Waals surface area contributed by atoms with Crippen LogP contribution >= 0.6 is 0 Å². The van der Waals surface area contributed by atoms with Gasteiger partial charge in [-0.3, -0.25) is 4.90 Å². The SMILES string of the molecule is O=C(O)c1c(OC2CN(C(O)Cn3cc(CO)nn3)C2)ccc(CCB(O)O)c1O. The second kappa shape index (κ2) is 9.41. The Bertz CT molecular complexity index is 887. The largest absolute Gasteiger partial charge is 0.507 e. The van der Waals surface area contributed by atoms with Gasteiger partial charge in [0.2, 0.25) is 0 Å². The third-order valence-corrected chi connectivity index (χ3v) is 4.80. The first-order valence-electron chi connectivity index (χ1n) is 9.31. The number of carbonyl (C=O) groups is 1. The summed E-state index contributed by atoms with van der Waals surface area (Å²) in [6.07, 6.45) is 0.321. The number of hydrogen-bond donors (Lipinski definition) is 6. The lowest BCUT2D eigenvalue weighted by atomic mass is 9.82. The van der Waals surface area contributed by atoms with E-state index in [0.29, 0.717) is 18.8 Å². The third kappa shape index (κ3) is 5.06. The summed E-state index contributed by atoms with van der Waals surface area (Å²) in [5, 5.41) is 64.4. The van der Waals surface area contributed by atoms with Crippen molar-refractivity contribution < 1.29 is 40.0 Å². The highest BCUT2D eigenvalue weighted by atomic mass is 16.5. The van der Waals surface area contributed by atoms with E-state index in [2.05, 4.69) is 10.3 Å². The molecule has 12 nitrogen and oxygen atoms in total. The van der Waals surface area contributed by atoms with Crippen LogP contribution in [0.15, 0.2) is 18.3 Å². The summed E-state index contributed by atoms with van der Waals surface area (Å²) in [4.78, 5) is 13.3. The number of aliphatic hydroxyl groups excluding tert-OH is 2. The Hall–Kier alpha value is -2.71. The molecule has 0 bridgehead atoms. The summed E-state index contributed by atoms with van der Waals surface area (Å²) in [6.45, 7) is 0.572. The fourth-order valence-corrected chi connectivity index (χ4v) is 3.16. The van der Waals surface area contributed by atoms with Crippen molar-refractivity contribution in [1.82, 2.24) is 19.9 Å². The van der Waals surface area contributed by atoms with Crippen molar-refractivity contribution in [2.45, 2.75) is 38.2 Å². The topological polar surface area (TPSA) is 182 Å². The summed E-state index contributed by atoms with van der Waals surface area (Å²) in [7, 11) is -1.56. The van der Waals surface area contributed by atoms with E-state index in [0.717, 1.165) is 0 Å². The van der Waals surface area contributed by atoms with Crippen molar-refractivity contribution in [3.05, 3.63) is 35.2 Å². The highest BCUT2D eigenvalue weighted by Crippen LogP contribution is 2.34. The van der Waals surface area contributed by atoms with E-state index < -0.39 is 30.6 Å². The number of nitrogens with zero attached hydrogens (tertiary/aromatic N) is 4. The Balaban J connectivity index is 1.59. The molecule has 1 fully saturated rings. The van der Waals surface area contributed by atoms with E-state index in [-0.39, 0.29) is 43.3 Å². The summed E-state index contributed by atoms with van der Waals surface area (Å²) >= 11 is 0. The highest BCUT2D eigenvalue weighted by molar-refractivity contribution is 6.41. The van der Waals surface area contributed by atoms with Crippen LogP contribution in [0.3, 0.4) is 0 Å². The molecule has 1 unspecified atom stereocenters. The van der Waals surface area contributed by atoms with Gasteiger partial charge in [0.25, 0.3) is 0 Å². The smallest absolute Gasteiger partial charge is 0.451 e. The predicted molar refractivity (Wildman–Crippen MR) is 102 cm³/mol. The quantitative estimate of drug-likeness (QED) is 0.239. The van der Waals surface area contributed by atoms with Crippen LogP contribution < -0.4 is 4.74 Å². The zero-order valence-corrected chi connectivity index (χ0v) is 16.0. The average molecular weight is 422 g/mol. The summed E-state index contributed by atoms with van der Waals surface area (Å²) in [5.41, 5.74) is 0.275. The van der Waals surface area contributed by atoms with Crippen molar-refractivity contribution in [2.24, 2.45) is 0 Å². The minimum atomic E-state index is -1.56. The van der Waals surface area contributed by atoms with Crippen molar-refractivity contribution >= 4 is 13.1 Å². The van der Waals surface area contributed by atoms with Gasteiger partial charge in [0, 0.05) is 13.1 Å². The maximum absolute atomic E-state index is 11.6. The number of aromatic hydroxyl groups is 1. The second-order valence-corrected chi connectivity index (χ2v) is 7.04. The van der Waals surface area contributed by atoms with Crippen molar-refractivity contribution in [3.63, 3.8) is 0 Å². The van der Waals surface area contributed by atoms with E-state index in [4.69, 9.17) is 19.9 Å². The first-order valence-corrected chi connectivity index (χ1v) is 9.31. The molecule has 1 aliphatic heterocycles. The Kier molecular flexibility index (Phi) is 6.89. The lowest BCUT2D eigenvalue weighted by Gasteiger charge is -2.41. The number of likely N-dealkylation sites (tertiary alicyclic amines) is 1. The molecule has 1 atom stereocenters. The third-order valence-electron chi connectivity index (χ3n) is 4.80. The number of aromatic carboxylic acids is 1. The molecule has 0 saturated carbocycles. The zero-order chi connectivity index (χ0) is 21.8. The van der Waals surface area contributed by atoms with E-state index in [1.54, 1.807) is 4.90 Å². The average Bonchev–Trinajstić information content (AvgIpc) is 3.10. The molecule has 30 heavy (non-hydrogen) atoms. The van der Waals surface area contributed by atoms with Gasteiger partial charge >= 0.3 is 13.1 Å². The molecule has 3 rings (SSSR count). The first kappa shape index (κ1) is 22.0. The minimum Gasteiger partial charge on any atom is -0.507 e. The van der Waals surface area contributed by atoms with Crippen molar-refractivity contribution in [3.8, 4) is 11.5 Å². The van der Waals surface area contributed by atoms with Gasteiger partial charge < -0.3 is 35.2 Å². The molecule has 1 aliphatic rings. The molecule has 1 aromatic heterocycles. The van der Waals surface area contributed by atoms with Crippen LogP contribution in [-0.4, -0.2) is 88.9 Å². The number of aliphatic hydroxyl groups is 2. The number of hydrogen-bond acceptors (Lipinski definition) is 10. The molecule has 6 N–H and O–H groups in total. The number of phenols is 1. The van der Waals surface area contributed by atoms with Gasteiger partial charge in [-0.1, -0.05) is 11.3 Å². The van der Waals surface area contributed by atoms with Crippen molar-refractivity contribution in [2.75, 3.05) is 13.1 Å². The van der Waals surface area contributed by atoms with Gasteiger partial charge in [0.05, 0.1) is 19.3 Å². The van der Waals surface area contributed by atoms with Gasteiger partial charge in [0.15, 0.2) is 0 Å². The molecule has 0 radical (unpaired) electrons. The summed E-state index contributed by atoms with van der Waals surface area (Å²) in [5.74, 6) is -1.84. The number of ether oxygens (including phenoxy) is 1. The molecule has 0 amide bonds. The molecule has 0 aliphatic carbocycles. The maximum Gasteiger partial charge on any atom is 0.451 e. The molecule has 13 heteroatoms. The molecule has 2 heterocycles. The Morgan fingerprint density at radius 1 is 1.33 bits per heavy atom. The van der Waals surface area contributed by atoms with Gasteiger partial charge in [-0.2, -0.15) is 0 Å². The predicted octanol–water partition coefficient (Wildman–Crippen LogP) is -1.73. The number of benzene rings is 1. The van der Waals surface area contributed by atoms with Crippen molar-refractivity contribution in [1.29, 1.82) is 0 Å². The fourth-order valence-electron chi connectivity index (χ4n) is 3.16. The minimum absolute atomic E-state index is 0.00343. The highest BCUT2D eigenvalue weighted by Gasteiger charge is 2.34. The van der Waals surface area contributed by atoms with Crippen LogP contribution in [-0.2, 0) is 19.6 Å². The van der Waals surface area contributed by atoms with E-state index in [1.807, 2.05) is 0 Å². The second-order valence-electron chi connectivity index (χ2n) is 7.04. The molecule has 162 valence electrons. The van der Waals surface area contributed by atoms with Crippen LogP contribution in [0.2, 0.25) is 6.32 Å². The fraction of sp³-hybridized carbons (Fsp3) is 0.471. The molecular formula is C17H23BN4O8. The van der Waals surface area contributed by atoms with Gasteiger partial charge in [-0.15, -0.1) is 5.10 Å². The zero-order valence-electron chi connectivity index (χ0n) is 16.0. The standard InChI is InChI=1S/C17H23BN4O8/c23-9-11-5-22(20-19-11)8-14(24)21-6-12(7-21)30-13-2-1-10(3-4-18(28)29)16(25)15(13)17(26)27/h1-2,5,12,14,23-25,28-29H,3-4,6-9H2,(H,26,27). The lowest BCUT2D eigenvalue weighted by molar-refractivity contribution is -0.0976. The summed E-state index contributed by atoms with van der Waals surface area (Å²) in [6, 6.07) is 2.90. The van der Waals surface area contributed by atoms with Crippen LogP contribution in [0.4, 0.5) is 0 Å². The van der Waals surface area contributed by atoms with E-state index in [1.165, 1.54) is 23.0 Å². The molecule has 1 aromatic carbocycles. The normalized spacial score (nSPS) is 15.6. The lowest BCUT2D eigenvalue weighted by Crippen LogP contribution is -2.58.